The van der Waals surface area contributed by atoms with E-state index in [1.807, 2.05) is 4.90 Å². The third-order valence-electron chi connectivity index (χ3n) is 6.28. The predicted octanol–water partition coefficient (Wildman–Crippen LogP) is -0.0284. The number of hydrogen-bond acceptors (Lipinski definition) is 9. The van der Waals surface area contributed by atoms with E-state index >= 15 is 0 Å². The summed E-state index contributed by atoms with van der Waals surface area (Å²) in [7, 11) is 3.03. The summed E-state index contributed by atoms with van der Waals surface area (Å²) < 4.78 is 10.5. The Balaban J connectivity index is 1.35. The lowest BCUT2D eigenvalue weighted by molar-refractivity contribution is -0.145. The van der Waals surface area contributed by atoms with Crippen LogP contribution in [-0.2, 0) is 14.4 Å². The van der Waals surface area contributed by atoms with Gasteiger partial charge in [0.1, 0.15) is 17.5 Å². The first kappa shape index (κ1) is 25.2. The minimum absolute atomic E-state index is 0.170. The summed E-state index contributed by atoms with van der Waals surface area (Å²) >= 11 is 0. The molecule has 3 heterocycles. The summed E-state index contributed by atoms with van der Waals surface area (Å²) in [5, 5.41) is 5.54. The number of carbonyl (C=O) groups excluding carboxylic acids is 3. The Hall–Kier alpha value is -3.93. The molecular formula is C24H31N7O5. The Labute approximate surface area is 209 Å². The molecule has 2 saturated heterocycles. The largest absolute Gasteiger partial charge is 0.497 e. The lowest BCUT2D eigenvalue weighted by Gasteiger charge is -2.38. The van der Waals surface area contributed by atoms with Crippen LogP contribution in [0.3, 0.4) is 0 Å². The van der Waals surface area contributed by atoms with Crippen molar-refractivity contribution >= 4 is 29.4 Å². The topological polar surface area (TPSA) is 129 Å². The van der Waals surface area contributed by atoms with Gasteiger partial charge >= 0.3 is 0 Å². The number of anilines is 2. The molecule has 2 aliphatic heterocycles. The predicted molar refractivity (Wildman–Crippen MR) is 132 cm³/mol. The van der Waals surface area contributed by atoms with Gasteiger partial charge in [0.2, 0.25) is 23.7 Å². The van der Waals surface area contributed by atoms with Gasteiger partial charge in [0, 0.05) is 57.7 Å². The van der Waals surface area contributed by atoms with E-state index in [1.54, 1.807) is 36.7 Å². The fraction of sp³-hybridized carbons (Fsp3) is 0.458. The van der Waals surface area contributed by atoms with E-state index in [4.69, 9.17) is 9.47 Å². The molecule has 1 aromatic heterocycles. The van der Waals surface area contributed by atoms with Crippen molar-refractivity contribution in [1.82, 2.24) is 25.1 Å². The number of rotatable bonds is 8. The molecule has 0 radical (unpaired) electrons. The van der Waals surface area contributed by atoms with Gasteiger partial charge in [-0.3, -0.25) is 19.3 Å². The summed E-state index contributed by atoms with van der Waals surface area (Å²) in [6, 6.07) is 5.93. The van der Waals surface area contributed by atoms with E-state index < -0.39 is 11.9 Å². The number of amides is 3. The molecule has 2 fully saturated rings. The van der Waals surface area contributed by atoms with Crippen molar-refractivity contribution in [2.24, 2.45) is 0 Å². The lowest BCUT2D eigenvalue weighted by atomic mass is 10.1. The van der Waals surface area contributed by atoms with Crippen molar-refractivity contribution in [1.29, 1.82) is 0 Å². The maximum atomic E-state index is 13.2. The molecule has 0 spiro atoms. The van der Waals surface area contributed by atoms with Gasteiger partial charge in [0.05, 0.1) is 32.9 Å². The third kappa shape index (κ3) is 6.00. The molecule has 2 aromatic rings. The summed E-state index contributed by atoms with van der Waals surface area (Å²) in [4.78, 5) is 52.9. The molecule has 1 aromatic carbocycles. The highest BCUT2D eigenvalue weighted by Gasteiger charge is 2.35. The van der Waals surface area contributed by atoms with Crippen LogP contribution in [0.15, 0.2) is 36.7 Å². The molecule has 4 rings (SSSR count). The second kappa shape index (κ2) is 11.7. The number of nitrogens with one attached hydrogen (secondary N) is 2. The van der Waals surface area contributed by atoms with Gasteiger partial charge in [0.25, 0.3) is 0 Å². The zero-order valence-corrected chi connectivity index (χ0v) is 20.5. The van der Waals surface area contributed by atoms with Gasteiger partial charge in [-0.25, -0.2) is 9.97 Å². The van der Waals surface area contributed by atoms with Crippen LogP contribution in [0, 0.1) is 0 Å². The van der Waals surface area contributed by atoms with E-state index in [1.165, 1.54) is 19.1 Å². The number of benzene rings is 1. The van der Waals surface area contributed by atoms with Crippen LogP contribution in [0.2, 0.25) is 0 Å². The molecule has 2 N–H and O–H groups in total. The number of aromatic nitrogens is 2. The van der Waals surface area contributed by atoms with E-state index in [0.717, 1.165) is 0 Å². The Morgan fingerprint density at radius 3 is 2.53 bits per heavy atom. The van der Waals surface area contributed by atoms with Crippen molar-refractivity contribution < 1.29 is 23.9 Å². The number of hydrogen-bond donors (Lipinski definition) is 2. The normalized spacial score (nSPS) is 18.4. The van der Waals surface area contributed by atoms with Crippen LogP contribution in [0.4, 0.5) is 11.6 Å². The second-order valence-electron chi connectivity index (χ2n) is 8.52. The van der Waals surface area contributed by atoms with Gasteiger partial charge in [0.15, 0.2) is 0 Å². The van der Waals surface area contributed by atoms with E-state index in [9.17, 15) is 14.4 Å². The molecule has 0 bridgehead atoms. The summed E-state index contributed by atoms with van der Waals surface area (Å²) in [6.45, 7) is 3.63. The Kier molecular flexibility index (Phi) is 8.16. The van der Waals surface area contributed by atoms with Gasteiger partial charge < -0.3 is 29.9 Å². The monoisotopic (exact) mass is 497 g/mol. The summed E-state index contributed by atoms with van der Waals surface area (Å²) in [6.07, 6.45) is 3.25. The van der Waals surface area contributed by atoms with Gasteiger partial charge in [-0.15, -0.1) is 0 Å². The van der Waals surface area contributed by atoms with Crippen LogP contribution >= 0.6 is 0 Å². The molecule has 12 nitrogen and oxygen atoms in total. The highest BCUT2D eigenvalue weighted by Crippen LogP contribution is 2.29. The van der Waals surface area contributed by atoms with Crippen LogP contribution in [-0.4, -0.2) is 104 Å². The quantitative estimate of drug-likeness (QED) is 0.517. The Morgan fingerprint density at radius 2 is 1.83 bits per heavy atom. The molecular weight excluding hydrogens is 466 g/mol. The molecule has 12 heteroatoms. The highest BCUT2D eigenvalue weighted by atomic mass is 16.5. The van der Waals surface area contributed by atoms with Gasteiger partial charge in [-0.1, -0.05) is 0 Å². The number of methoxy groups -OCH3 is 2. The average molecular weight is 498 g/mol. The fourth-order valence-corrected chi connectivity index (χ4v) is 4.35. The number of piperazine rings is 2. The van der Waals surface area contributed by atoms with Gasteiger partial charge in [-0.05, 0) is 18.2 Å². The minimum atomic E-state index is -0.887. The molecule has 0 unspecified atom stereocenters. The molecule has 192 valence electrons. The fourth-order valence-electron chi connectivity index (χ4n) is 4.35. The van der Waals surface area contributed by atoms with Crippen molar-refractivity contribution in [3.05, 3.63) is 36.7 Å². The van der Waals surface area contributed by atoms with Crippen molar-refractivity contribution in [3.63, 3.8) is 0 Å². The van der Waals surface area contributed by atoms with Gasteiger partial charge in [-0.2, -0.15) is 0 Å². The van der Waals surface area contributed by atoms with Crippen LogP contribution in [0.5, 0.6) is 11.5 Å². The zero-order valence-electron chi connectivity index (χ0n) is 20.5. The summed E-state index contributed by atoms with van der Waals surface area (Å²) in [5.74, 6) is 0.773. The van der Waals surface area contributed by atoms with Crippen LogP contribution in [0.1, 0.15) is 6.42 Å². The molecule has 36 heavy (non-hydrogen) atoms. The average Bonchev–Trinajstić information content (AvgIpc) is 2.90. The minimum Gasteiger partial charge on any atom is -0.497 e. The molecule has 3 amide bonds. The zero-order chi connectivity index (χ0) is 25.5. The van der Waals surface area contributed by atoms with Crippen LogP contribution in [0.25, 0.3) is 0 Å². The molecule has 0 aliphatic carbocycles. The van der Waals surface area contributed by atoms with Crippen LogP contribution < -0.4 is 25.0 Å². The Bertz CT molecular complexity index is 1080. The SMILES string of the molecule is COc1ccc(OC)c(NC(=O)C[C@@H]2C(=O)NCCN2C(=O)CN2CCN(c3ncccn3)CC2)c1. The number of ether oxygens (including phenoxy) is 2. The molecule has 2 aliphatic rings. The third-order valence-corrected chi connectivity index (χ3v) is 6.28. The summed E-state index contributed by atoms with van der Waals surface area (Å²) in [5.41, 5.74) is 0.427. The van der Waals surface area contributed by atoms with E-state index in [0.29, 0.717) is 62.4 Å². The smallest absolute Gasteiger partial charge is 0.243 e. The maximum Gasteiger partial charge on any atom is 0.243 e. The van der Waals surface area contributed by atoms with Crippen molar-refractivity contribution in [2.75, 3.05) is 70.2 Å². The molecule has 0 saturated carbocycles. The first-order valence-corrected chi connectivity index (χ1v) is 11.8. The second-order valence-corrected chi connectivity index (χ2v) is 8.52. The lowest BCUT2D eigenvalue weighted by Crippen LogP contribution is -2.60. The van der Waals surface area contributed by atoms with E-state index in [2.05, 4.69) is 25.5 Å². The standard InChI is InChI=1S/C24H31N7O5/c1-35-17-4-5-20(36-2)18(14-17)28-21(32)15-19-23(34)25-8-9-31(19)22(33)16-29-10-12-30(13-11-29)24-26-6-3-7-27-24/h3-7,14,19H,8-13,15-16H2,1-2H3,(H,25,34)(H,28,32)/t19-/m1/s1. The first-order chi connectivity index (χ1) is 17.5. The molecule has 1 atom stereocenters. The highest BCUT2D eigenvalue weighted by molar-refractivity contribution is 5.98. The number of carbonyl (C=O) groups is 3. The number of nitrogens with zero attached hydrogens (tertiary/aromatic N) is 5. The van der Waals surface area contributed by atoms with Crippen molar-refractivity contribution in [2.45, 2.75) is 12.5 Å². The Morgan fingerprint density at radius 1 is 1.08 bits per heavy atom. The maximum absolute atomic E-state index is 13.2. The van der Waals surface area contributed by atoms with Crippen molar-refractivity contribution in [3.8, 4) is 11.5 Å². The van der Waals surface area contributed by atoms with E-state index in [-0.39, 0.29) is 24.8 Å². The first-order valence-electron chi connectivity index (χ1n) is 11.8.